The highest BCUT2D eigenvalue weighted by Crippen LogP contribution is 2.50. The van der Waals surface area contributed by atoms with Crippen molar-refractivity contribution in [1.82, 2.24) is 0 Å². The lowest BCUT2D eigenvalue weighted by atomic mass is 9.97. The van der Waals surface area contributed by atoms with E-state index in [-0.39, 0.29) is 22.7 Å². The van der Waals surface area contributed by atoms with Crippen LogP contribution in [0, 0.1) is 0 Å². The normalized spacial score (nSPS) is 21.5. The summed E-state index contributed by atoms with van der Waals surface area (Å²) in [7, 11) is -4.34. The van der Waals surface area contributed by atoms with Gasteiger partial charge in [0.2, 0.25) is 0 Å². The van der Waals surface area contributed by atoms with Crippen molar-refractivity contribution in [3.05, 3.63) is 52.5 Å². The number of aliphatic carboxylic acids is 1. The fraction of sp³-hybridized carbons (Fsp3) is 0.316. The van der Waals surface area contributed by atoms with Crippen molar-refractivity contribution in [3.63, 3.8) is 0 Å². The quantitative estimate of drug-likeness (QED) is 0.509. The Labute approximate surface area is 170 Å². The second-order valence-corrected chi connectivity index (χ2v) is 9.15. The SMILES string of the molecule is O=C(O)C(Oc1cccc2c1OC1CCCC21)OS(=O)(=O)c1ccc(Br)cc1. The molecule has 2 aliphatic rings. The van der Waals surface area contributed by atoms with E-state index < -0.39 is 22.4 Å². The molecule has 28 heavy (non-hydrogen) atoms. The number of ether oxygens (including phenoxy) is 2. The fourth-order valence-corrected chi connectivity index (χ4v) is 4.81. The van der Waals surface area contributed by atoms with Crippen LogP contribution in [0.15, 0.2) is 51.8 Å². The van der Waals surface area contributed by atoms with Gasteiger partial charge in [-0.25, -0.2) is 8.98 Å². The van der Waals surface area contributed by atoms with Crippen LogP contribution in [-0.4, -0.2) is 31.9 Å². The molecular weight excluding hydrogens is 452 g/mol. The summed E-state index contributed by atoms with van der Waals surface area (Å²) in [6.45, 7) is 0. The first-order chi connectivity index (χ1) is 13.3. The van der Waals surface area contributed by atoms with Crippen molar-refractivity contribution in [2.75, 3.05) is 0 Å². The predicted molar refractivity (Wildman–Crippen MR) is 102 cm³/mol. The van der Waals surface area contributed by atoms with Crippen LogP contribution in [0.5, 0.6) is 11.5 Å². The second kappa shape index (κ2) is 7.38. The van der Waals surface area contributed by atoms with Crippen molar-refractivity contribution < 1.29 is 32.0 Å². The molecule has 2 aromatic carbocycles. The maximum Gasteiger partial charge on any atom is 0.375 e. The highest BCUT2D eigenvalue weighted by atomic mass is 79.9. The van der Waals surface area contributed by atoms with Crippen LogP contribution in [0.4, 0.5) is 0 Å². The van der Waals surface area contributed by atoms with Crippen molar-refractivity contribution in [2.24, 2.45) is 0 Å². The molecule has 1 aliphatic heterocycles. The lowest BCUT2D eigenvalue weighted by molar-refractivity contribution is -0.158. The molecule has 1 N–H and O–H groups in total. The number of carbonyl (C=O) groups is 1. The number of benzene rings is 2. The van der Waals surface area contributed by atoms with E-state index in [4.69, 9.17) is 13.7 Å². The number of para-hydroxylation sites is 1. The zero-order valence-corrected chi connectivity index (χ0v) is 17.0. The zero-order chi connectivity index (χ0) is 19.9. The standard InChI is InChI=1S/C19H17BrO7S/c20-11-7-9-12(10-8-11)28(23,24)27-19(18(21)22)26-16-6-2-4-14-13-3-1-5-15(13)25-17(14)16/h2,4,6-10,13,15,19H,1,3,5H2,(H,21,22). The molecule has 3 unspecified atom stereocenters. The molecule has 0 bridgehead atoms. The molecule has 1 aliphatic carbocycles. The maximum atomic E-state index is 12.4. The number of rotatable bonds is 6. The summed E-state index contributed by atoms with van der Waals surface area (Å²) in [6.07, 6.45) is 1.01. The summed E-state index contributed by atoms with van der Waals surface area (Å²) >= 11 is 3.21. The smallest absolute Gasteiger partial charge is 0.375 e. The number of carboxylic acids is 1. The minimum atomic E-state index is -4.34. The minimum absolute atomic E-state index is 0.0513. The predicted octanol–water partition coefficient (Wildman–Crippen LogP) is 3.67. The Hall–Kier alpha value is -2.10. The topological polar surface area (TPSA) is 99.1 Å². The van der Waals surface area contributed by atoms with E-state index in [1.54, 1.807) is 12.1 Å². The van der Waals surface area contributed by atoms with Crippen LogP contribution >= 0.6 is 15.9 Å². The third kappa shape index (κ3) is 3.61. The van der Waals surface area contributed by atoms with Crippen molar-refractivity contribution in [2.45, 2.75) is 42.5 Å². The molecule has 0 radical (unpaired) electrons. The van der Waals surface area contributed by atoms with E-state index in [2.05, 4.69) is 15.9 Å². The summed E-state index contributed by atoms with van der Waals surface area (Å²) in [4.78, 5) is 11.4. The van der Waals surface area contributed by atoms with E-state index in [0.717, 1.165) is 24.8 Å². The summed E-state index contributed by atoms with van der Waals surface area (Å²) < 4.78 is 41.8. The Morgan fingerprint density at radius 3 is 2.64 bits per heavy atom. The Morgan fingerprint density at radius 1 is 1.18 bits per heavy atom. The van der Waals surface area contributed by atoms with E-state index in [1.807, 2.05) is 6.07 Å². The zero-order valence-electron chi connectivity index (χ0n) is 14.6. The van der Waals surface area contributed by atoms with Gasteiger partial charge in [0.25, 0.3) is 0 Å². The van der Waals surface area contributed by atoms with Crippen LogP contribution in [-0.2, 0) is 19.1 Å². The number of hydrogen-bond donors (Lipinski definition) is 1. The van der Waals surface area contributed by atoms with Gasteiger partial charge in [-0.05, 0) is 49.6 Å². The van der Waals surface area contributed by atoms with Crippen LogP contribution in [0.3, 0.4) is 0 Å². The minimum Gasteiger partial charge on any atom is -0.486 e. The average Bonchev–Trinajstić information content (AvgIpc) is 3.23. The summed E-state index contributed by atoms with van der Waals surface area (Å²) in [5, 5.41) is 9.44. The molecular formula is C19H17BrO7S. The Bertz CT molecular complexity index is 1000. The highest BCUT2D eigenvalue weighted by molar-refractivity contribution is 9.10. The van der Waals surface area contributed by atoms with E-state index >= 15 is 0 Å². The number of hydrogen-bond acceptors (Lipinski definition) is 6. The molecule has 0 amide bonds. The number of fused-ring (bicyclic) bond motifs is 3. The Morgan fingerprint density at radius 2 is 1.93 bits per heavy atom. The van der Waals surface area contributed by atoms with Crippen LogP contribution < -0.4 is 9.47 Å². The van der Waals surface area contributed by atoms with Gasteiger partial charge in [0.15, 0.2) is 11.5 Å². The molecule has 0 saturated heterocycles. The first-order valence-corrected chi connectivity index (χ1v) is 10.9. The van der Waals surface area contributed by atoms with Crippen molar-refractivity contribution >= 4 is 32.0 Å². The van der Waals surface area contributed by atoms with Gasteiger partial charge in [-0.3, -0.25) is 0 Å². The van der Waals surface area contributed by atoms with E-state index in [0.29, 0.717) is 10.2 Å². The van der Waals surface area contributed by atoms with Gasteiger partial charge >= 0.3 is 22.4 Å². The number of carboxylic acid groups (broad SMARTS) is 1. The first-order valence-electron chi connectivity index (χ1n) is 8.73. The molecule has 1 heterocycles. The van der Waals surface area contributed by atoms with Crippen molar-refractivity contribution in [1.29, 1.82) is 0 Å². The molecule has 7 nitrogen and oxygen atoms in total. The van der Waals surface area contributed by atoms with E-state index in [1.165, 1.54) is 24.3 Å². The molecule has 1 fully saturated rings. The van der Waals surface area contributed by atoms with Gasteiger partial charge in [-0.1, -0.05) is 28.1 Å². The van der Waals surface area contributed by atoms with E-state index in [9.17, 15) is 18.3 Å². The molecule has 4 rings (SSSR count). The Kier molecular flexibility index (Phi) is 5.07. The van der Waals surface area contributed by atoms with Gasteiger partial charge in [-0.15, -0.1) is 0 Å². The average molecular weight is 469 g/mol. The summed E-state index contributed by atoms with van der Waals surface area (Å²) in [5.74, 6) is -0.677. The maximum absolute atomic E-state index is 12.4. The molecule has 1 saturated carbocycles. The summed E-state index contributed by atoms with van der Waals surface area (Å²) in [6, 6.07) is 10.9. The van der Waals surface area contributed by atoms with Crippen LogP contribution in [0.2, 0.25) is 0 Å². The molecule has 2 aromatic rings. The van der Waals surface area contributed by atoms with Gasteiger partial charge in [0.05, 0.1) is 4.90 Å². The van der Waals surface area contributed by atoms with Gasteiger partial charge in [0, 0.05) is 16.0 Å². The van der Waals surface area contributed by atoms with Crippen LogP contribution in [0.1, 0.15) is 30.7 Å². The van der Waals surface area contributed by atoms with Gasteiger partial charge in [-0.2, -0.15) is 8.42 Å². The van der Waals surface area contributed by atoms with Crippen molar-refractivity contribution in [3.8, 4) is 11.5 Å². The highest BCUT2D eigenvalue weighted by Gasteiger charge is 2.40. The number of halogens is 1. The fourth-order valence-electron chi connectivity index (χ4n) is 3.62. The molecule has 148 valence electrons. The largest absolute Gasteiger partial charge is 0.486 e. The third-order valence-corrected chi connectivity index (χ3v) is 6.69. The lowest BCUT2D eigenvalue weighted by Gasteiger charge is -2.17. The van der Waals surface area contributed by atoms with Gasteiger partial charge < -0.3 is 14.6 Å². The van der Waals surface area contributed by atoms with Crippen LogP contribution in [0.25, 0.3) is 0 Å². The molecule has 9 heteroatoms. The first kappa shape index (κ1) is 19.2. The Balaban J connectivity index is 1.58. The third-order valence-electron chi connectivity index (χ3n) is 4.88. The molecule has 0 aromatic heterocycles. The van der Waals surface area contributed by atoms with Gasteiger partial charge in [0.1, 0.15) is 6.10 Å². The second-order valence-electron chi connectivity index (χ2n) is 6.66. The lowest BCUT2D eigenvalue weighted by Crippen LogP contribution is -2.32. The molecule has 3 atom stereocenters. The molecule has 0 spiro atoms. The summed E-state index contributed by atoms with van der Waals surface area (Å²) in [5.41, 5.74) is 0.958. The monoisotopic (exact) mass is 468 g/mol.